The molecule has 0 spiro atoms. The van der Waals surface area contributed by atoms with Gasteiger partial charge in [-0.05, 0) is 51.9 Å². The Bertz CT molecular complexity index is 515. The number of carboxylic acid groups (broad SMARTS) is 1. The molecule has 3 nitrogen and oxygen atoms in total. The van der Waals surface area contributed by atoms with Gasteiger partial charge in [0.1, 0.15) is 6.29 Å². The number of hydrogen-bond donors (Lipinski definition) is 1. The number of carbonyl (C=O) groups is 2. The zero-order valence-electron chi connectivity index (χ0n) is 21.7. The lowest BCUT2D eigenvalue weighted by Crippen LogP contribution is -1.93. The molecular formula is C30H52O3. The second-order valence-electron chi connectivity index (χ2n) is 8.49. The topological polar surface area (TPSA) is 54.4 Å². The highest BCUT2D eigenvalue weighted by molar-refractivity contribution is 5.66. The van der Waals surface area contributed by atoms with E-state index in [1.54, 1.807) is 0 Å². The number of carboxylic acids is 1. The van der Waals surface area contributed by atoms with Crippen LogP contribution in [0.15, 0.2) is 48.6 Å². The van der Waals surface area contributed by atoms with Gasteiger partial charge in [-0.15, -0.1) is 0 Å². The lowest BCUT2D eigenvalue weighted by molar-refractivity contribution is -0.137. The molecule has 0 saturated heterocycles. The van der Waals surface area contributed by atoms with Crippen molar-refractivity contribution in [1.29, 1.82) is 0 Å². The summed E-state index contributed by atoms with van der Waals surface area (Å²) < 4.78 is 0. The molecule has 33 heavy (non-hydrogen) atoms. The molecule has 0 radical (unpaired) electrons. The third-order valence-corrected chi connectivity index (χ3v) is 5.26. The van der Waals surface area contributed by atoms with Gasteiger partial charge in [0.2, 0.25) is 0 Å². The van der Waals surface area contributed by atoms with E-state index >= 15 is 0 Å². The third kappa shape index (κ3) is 37.7. The largest absolute Gasteiger partial charge is 0.481 e. The Morgan fingerprint density at radius 1 is 0.606 bits per heavy atom. The predicted molar refractivity (Wildman–Crippen MR) is 145 cm³/mol. The maximum Gasteiger partial charge on any atom is 0.303 e. The van der Waals surface area contributed by atoms with Crippen LogP contribution in [-0.2, 0) is 9.59 Å². The Morgan fingerprint density at radius 2 is 1.03 bits per heavy atom. The molecule has 3 heteroatoms. The Labute approximate surface area is 205 Å². The molecule has 0 aromatic heterocycles. The van der Waals surface area contributed by atoms with Crippen molar-refractivity contribution in [2.45, 2.75) is 129 Å². The summed E-state index contributed by atoms with van der Waals surface area (Å²) in [5.74, 6) is -0.672. The average molecular weight is 461 g/mol. The van der Waals surface area contributed by atoms with E-state index in [-0.39, 0.29) is 0 Å². The van der Waals surface area contributed by atoms with E-state index in [2.05, 4.69) is 43.4 Å². The average Bonchev–Trinajstić information content (AvgIpc) is 2.81. The molecule has 0 aromatic carbocycles. The second kappa shape index (κ2) is 32.3. The van der Waals surface area contributed by atoms with Crippen LogP contribution in [0.5, 0.6) is 0 Å². The predicted octanol–water partition coefficient (Wildman–Crippen LogP) is 9.54. The Hall–Kier alpha value is -1.90. The molecule has 0 bridgehead atoms. The van der Waals surface area contributed by atoms with Crippen molar-refractivity contribution in [2.75, 3.05) is 0 Å². The van der Waals surface area contributed by atoms with Gasteiger partial charge in [0.15, 0.2) is 0 Å². The lowest BCUT2D eigenvalue weighted by atomic mass is 10.1. The van der Waals surface area contributed by atoms with Crippen molar-refractivity contribution in [3.8, 4) is 0 Å². The van der Waals surface area contributed by atoms with Crippen molar-refractivity contribution in [2.24, 2.45) is 0 Å². The molecular weight excluding hydrogens is 408 g/mol. The van der Waals surface area contributed by atoms with Gasteiger partial charge in [0.25, 0.3) is 0 Å². The number of allylic oxidation sites excluding steroid dienone is 8. The highest BCUT2D eigenvalue weighted by Gasteiger charge is 1.96. The maximum atomic E-state index is 10.2. The van der Waals surface area contributed by atoms with Crippen LogP contribution >= 0.6 is 0 Å². The summed E-state index contributed by atoms with van der Waals surface area (Å²) in [6.45, 7) is 4.17. The van der Waals surface area contributed by atoms with Crippen molar-refractivity contribution in [3.05, 3.63) is 48.6 Å². The standard InChI is InChI=1S/C16H28O.C14H24O2/c1-2-3-4-5-6-7-8-9-10-11-12-13-14-15-16-17;1-2-3-4-5-6-7-8-9-10-11-12-13-14(15)16/h3-6,16H,2,7-15H2,1H3;2-5H,6-13H2,1H3,(H,15,16)/b4-3-,6-5-;3-2+,5-4-. The second-order valence-corrected chi connectivity index (χ2v) is 8.49. The molecule has 0 rings (SSSR count). The number of carbonyl (C=O) groups excluding carboxylic acids is 1. The Balaban J connectivity index is 0. The van der Waals surface area contributed by atoms with Gasteiger partial charge < -0.3 is 9.90 Å². The monoisotopic (exact) mass is 460 g/mol. The minimum Gasteiger partial charge on any atom is -0.481 e. The normalized spacial score (nSPS) is 11.6. The first-order valence-electron chi connectivity index (χ1n) is 13.4. The number of aldehydes is 1. The summed E-state index contributed by atoms with van der Waals surface area (Å²) in [6, 6.07) is 0. The first-order valence-corrected chi connectivity index (χ1v) is 13.4. The summed E-state index contributed by atoms with van der Waals surface area (Å²) in [7, 11) is 0. The lowest BCUT2D eigenvalue weighted by Gasteiger charge is -1.99. The van der Waals surface area contributed by atoms with E-state index in [4.69, 9.17) is 5.11 Å². The van der Waals surface area contributed by atoms with E-state index in [1.165, 1.54) is 70.6 Å². The molecule has 0 unspecified atom stereocenters. The molecule has 0 atom stereocenters. The maximum absolute atomic E-state index is 10.2. The molecule has 0 aromatic rings. The molecule has 0 amide bonds. The summed E-state index contributed by atoms with van der Waals surface area (Å²) in [6.07, 6.45) is 38.4. The van der Waals surface area contributed by atoms with Gasteiger partial charge in [-0.3, -0.25) is 4.79 Å². The summed E-state index contributed by atoms with van der Waals surface area (Å²) >= 11 is 0. The van der Waals surface area contributed by atoms with Crippen LogP contribution in [0.25, 0.3) is 0 Å². The van der Waals surface area contributed by atoms with E-state index in [1.807, 2.05) is 19.1 Å². The Morgan fingerprint density at radius 3 is 1.48 bits per heavy atom. The van der Waals surface area contributed by atoms with Gasteiger partial charge in [0.05, 0.1) is 0 Å². The van der Waals surface area contributed by atoms with Crippen LogP contribution in [0.4, 0.5) is 0 Å². The van der Waals surface area contributed by atoms with Crippen molar-refractivity contribution >= 4 is 12.3 Å². The van der Waals surface area contributed by atoms with Crippen LogP contribution in [0.1, 0.15) is 129 Å². The highest BCUT2D eigenvalue weighted by atomic mass is 16.4. The first kappa shape index (κ1) is 33.3. The van der Waals surface area contributed by atoms with Crippen LogP contribution in [-0.4, -0.2) is 17.4 Å². The van der Waals surface area contributed by atoms with E-state index < -0.39 is 5.97 Å². The van der Waals surface area contributed by atoms with Gasteiger partial charge in [-0.2, -0.15) is 0 Å². The van der Waals surface area contributed by atoms with Gasteiger partial charge >= 0.3 is 5.97 Å². The van der Waals surface area contributed by atoms with Crippen molar-refractivity contribution in [1.82, 2.24) is 0 Å². The zero-order chi connectivity index (χ0) is 24.7. The SMILES string of the molecule is C/C=C/C=C\CCCCCCCCC(=O)O.CC/C=C\C=C/CCCCCCCCCC=O. The summed E-state index contributed by atoms with van der Waals surface area (Å²) in [4.78, 5) is 20.3. The Kier molecular flexibility index (Phi) is 32.5. The molecule has 0 fully saturated rings. The fourth-order valence-electron chi connectivity index (χ4n) is 3.29. The summed E-state index contributed by atoms with van der Waals surface area (Å²) in [5.41, 5.74) is 0. The molecule has 0 aliphatic rings. The molecule has 0 aliphatic carbocycles. The van der Waals surface area contributed by atoms with Gasteiger partial charge in [-0.1, -0.05) is 113 Å². The quantitative estimate of drug-likeness (QED) is 0.0993. The first-order chi connectivity index (χ1) is 16.2. The zero-order valence-corrected chi connectivity index (χ0v) is 21.7. The van der Waals surface area contributed by atoms with Crippen molar-refractivity contribution < 1.29 is 14.7 Å². The third-order valence-electron chi connectivity index (χ3n) is 5.26. The van der Waals surface area contributed by atoms with Gasteiger partial charge in [0, 0.05) is 12.8 Å². The van der Waals surface area contributed by atoms with Crippen LogP contribution in [0.2, 0.25) is 0 Å². The van der Waals surface area contributed by atoms with Gasteiger partial charge in [-0.25, -0.2) is 0 Å². The number of rotatable bonds is 22. The fourth-order valence-corrected chi connectivity index (χ4v) is 3.29. The van der Waals surface area contributed by atoms with Crippen LogP contribution in [0.3, 0.4) is 0 Å². The van der Waals surface area contributed by atoms with Crippen LogP contribution in [0, 0.1) is 0 Å². The van der Waals surface area contributed by atoms with Crippen molar-refractivity contribution in [3.63, 3.8) is 0 Å². The molecule has 1 N–H and O–H groups in total. The summed E-state index contributed by atoms with van der Waals surface area (Å²) in [5, 5.41) is 8.44. The van der Waals surface area contributed by atoms with E-state index in [0.29, 0.717) is 6.42 Å². The highest BCUT2D eigenvalue weighted by Crippen LogP contribution is 2.10. The molecule has 0 heterocycles. The van der Waals surface area contributed by atoms with E-state index in [0.717, 1.165) is 44.8 Å². The fraction of sp³-hybridized carbons (Fsp3) is 0.667. The van der Waals surface area contributed by atoms with Crippen LogP contribution < -0.4 is 0 Å². The molecule has 0 saturated carbocycles. The minimum atomic E-state index is -0.672. The molecule has 190 valence electrons. The molecule has 0 aliphatic heterocycles. The number of unbranched alkanes of at least 4 members (excludes halogenated alkanes) is 14. The minimum absolute atomic E-state index is 0.325. The van der Waals surface area contributed by atoms with E-state index in [9.17, 15) is 9.59 Å². The number of hydrogen-bond acceptors (Lipinski definition) is 2. The number of aliphatic carboxylic acids is 1. The smallest absolute Gasteiger partial charge is 0.303 e.